The second kappa shape index (κ2) is 7.60. The van der Waals surface area contributed by atoms with Crippen LogP contribution in [0.4, 0.5) is 0 Å². The van der Waals surface area contributed by atoms with Gasteiger partial charge >= 0.3 is 0 Å². The highest BCUT2D eigenvalue weighted by atomic mass is 16.3. The van der Waals surface area contributed by atoms with Gasteiger partial charge in [-0.25, -0.2) is 0 Å². The number of rotatable bonds is 6. The van der Waals surface area contributed by atoms with Gasteiger partial charge in [0.25, 0.3) is 0 Å². The van der Waals surface area contributed by atoms with E-state index >= 15 is 0 Å². The van der Waals surface area contributed by atoms with Gasteiger partial charge in [-0.05, 0) is 141 Å². The first-order chi connectivity index (χ1) is 15.4. The Bertz CT molecular complexity index is 796. The Morgan fingerprint density at radius 1 is 0.879 bits per heavy atom. The number of allylic oxidation sites excluding steroid dienone is 1. The Kier molecular flexibility index (Phi) is 5.62. The Balaban J connectivity index is 1.37. The molecule has 0 unspecified atom stereocenters. The Morgan fingerprint density at radius 2 is 1.55 bits per heavy atom. The smallest absolute Gasteiger partial charge is 0.0594 e. The molecule has 0 radical (unpaired) electrons. The van der Waals surface area contributed by atoms with Crippen LogP contribution in [0.3, 0.4) is 0 Å². The number of hydrogen-bond donors (Lipinski definition) is 1. The molecule has 0 aromatic rings. The lowest BCUT2D eigenvalue weighted by Crippen LogP contribution is -2.57. The second-order valence-electron chi connectivity index (χ2n) is 15.0. The van der Waals surface area contributed by atoms with Crippen LogP contribution in [-0.2, 0) is 0 Å². The number of aliphatic hydroxyl groups excluding tert-OH is 1. The zero-order chi connectivity index (χ0) is 24.0. The lowest BCUT2D eigenvalue weighted by Gasteiger charge is -2.63. The molecule has 5 aliphatic rings. The van der Waals surface area contributed by atoms with Crippen LogP contribution in [0.15, 0.2) is 12.2 Å². The average molecular weight is 455 g/mol. The molecule has 1 heteroatoms. The maximum Gasteiger partial charge on any atom is 0.0594 e. The first kappa shape index (κ1) is 24.4. The largest absolute Gasteiger partial charge is 0.393 e. The van der Waals surface area contributed by atoms with Crippen LogP contribution in [0.2, 0.25) is 0 Å². The van der Waals surface area contributed by atoms with Gasteiger partial charge in [0.1, 0.15) is 0 Å². The first-order valence-corrected chi connectivity index (χ1v) is 14.7. The van der Waals surface area contributed by atoms with Gasteiger partial charge < -0.3 is 5.11 Å². The summed E-state index contributed by atoms with van der Waals surface area (Å²) in [6.45, 7) is 21.7. The van der Waals surface area contributed by atoms with Crippen molar-refractivity contribution in [1.82, 2.24) is 0 Å². The summed E-state index contributed by atoms with van der Waals surface area (Å²) in [5.74, 6) is 4.14. The van der Waals surface area contributed by atoms with E-state index in [-0.39, 0.29) is 11.5 Å². The van der Waals surface area contributed by atoms with Crippen LogP contribution >= 0.6 is 0 Å². The molecule has 33 heavy (non-hydrogen) atoms. The van der Waals surface area contributed by atoms with Crippen LogP contribution in [0.1, 0.15) is 126 Å². The molecule has 0 heterocycles. The summed E-state index contributed by atoms with van der Waals surface area (Å²) < 4.78 is 0. The average Bonchev–Trinajstić information content (AvgIpc) is 3.34. The maximum absolute atomic E-state index is 10.9. The van der Waals surface area contributed by atoms with Gasteiger partial charge in [0.05, 0.1) is 6.10 Å². The fourth-order valence-corrected chi connectivity index (χ4v) is 11.8. The molecule has 0 saturated heterocycles. The third-order valence-electron chi connectivity index (χ3n) is 14.0. The molecule has 0 bridgehead atoms. The van der Waals surface area contributed by atoms with E-state index in [1.165, 1.54) is 76.2 Å². The highest BCUT2D eigenvalue weighted by Crippen LogP contribution is 2.89. The zero-order valence-electron chi connectivity index (χ0n) is 23.1. The van der Waals surface area contributed by atoms with Gasteiger partial charge in [-0.3, -0.25) is 0 Å². The molecule has 188 valence electrons. The molecule has 0 aromatic heterocycles. The van der Waals surface area contributed by atoms with Crippen molar-refractivity contribution in [1.29, 1.82) is 0 Å². The van der Waals surface area contributed by atoms with E-state index in [1.807, 2.05) is 0 Å². The van der Waals surface area contributed by atoms with Crippen molar-refractivity contribution >= 4 is 0 Å². The van der Waals surface area contributed by atoms with E-state index in [2.05, 4.69) is 55.0 Å². The predicted octanol–water partition coefficient (Wildman–Crippen LogP) is 8.81. The molecule has 1 N–H and O–H groups in total. The van der Waals surface area contributed by atoms with Crippen LogP contribution in [0, 0.1) is 56.7 Å². The molecule has 0 aliphatic heterocycles. The van der Waals surface area contributed by atoms with Gasteiger partial charge in [-0.15, -0.1) is 0 Å². The third kappa shape index (κ3) is 2.99. The van der Waals surface area contributed by atoms with Crippen molar-refractivity contribution in [3.05, 3.63) is 12.2 Å². The Hall–Kier alpha value is -0.300. The fraction of sp³-hybridized carbons (Fsp3) is 0.938. The molecule has 0 amide bonds. The van der Waals surface area contributed by atoms with Crippen molar-refractivity contribution in [2.45, 2.75) is 132 Å². The highest BCUT2D eigenvalue weighted by molar-refractivity contribution is 5.30. The fourth-order valence-electron chi connectivity index (χ4n) is 11.8. The summed E-state index contributed by atoms with van der Waals surface area (Å²) in [6.07, 6.45) is 16.4. The van der Waals surface area contributed by atoms with Crippen molar-refractivity contribution in [3.8, 4) is 0 Å². The minimum atomic E-state index is -0.0883. The number of aliphatic hydroxyl groups is 1. The van der Waals surface area contributed by atoms with E-state index in [0.29, 0.717) is 27.6 Å². The van der Waals surface area contributed by atoms with Gasteiger partial charge in [0.15, 0.2) is 0 Å². The molecule has 0 aromatic carbocycles. The number of hydrogen-bond acceptors (Lipinski definition) is 1. The van der Waals surface area contributed by atoms with Crippen LogP contribution in [-0.4, -0.2) is 11.2 Å². The standard InChI is InChI=1S/C32H54O/c1-9-23(21(2)3)11-10-22(4)24-14-16-30(8)26-13-12-25-28(5,6)27(33)15-17-31(25)20-32(26,31)19-18-29(24,30)7/h22-27,33H,2,9-20H2,1,3-8H3/t22-,23+,24-,25+,26+,27+,29-,30+,31-,32+/m1/s1. The summed E-state index contributed by atoms with van der Waals surface area (Å²) in [4.78, 5) is 0. The topological polar surface area (TPSA) is 20.2 Å². The summed E-state index contributed by atoms with van der Waals surface area (Å²) >= 11 is 0. The first-order valence-electron chi connectivity index (χ1n) is 14.7. The molecule has 5 fully saturated rings. The molecular weight excluding hydrogens is 400 g/mol. The van der Waals surface area contributed by atoms with Gasteiger partial charge in [0, 0.05) is 0 Å². The van der Waals surface area contributed by atoms with Crippen molar-refractivity contribution < 1.29 is 5.11 Å². The third-order valence-corrected chi connectivity index (χ3v) is 14.0. The van der Waals surface area contributed by atoms with Crippen LogP contribution in [0.25, 0.3) is 0 Å². The summed E-state index contributed by atoms with van der Waals surface area (Å²) in [7, 11) is 0. The minimum absolute atomic E-state index is 0.0883. The Labute approximate surface area is 205 Å². The normalized spacial score (nSPS) is 51.5. The van der Waals surface area contributed by atoms with Gasteiger partial charge in [-0.2, -0.15) is 0 Å². The number of fused-ring (bicyclic) bond motifs is 2. The molecule has 10 atom stereocenters. The van der Waals surface area contributed by atoms with Crippen molar-refractivity contribution in [2.75, 3.05) is 0 Å². The summed E-state index contributed by atoms with van der Waals surface area (Å²) in [5.41, 5.74) is 3.74. The minimum Gasteiger partial charge on any atom is -0.393 e. The summed E-state index contributed by atoms with van der Waals surface area (Å²) in [6, 6.07) is 0. The van der Waals surface area contributed by atoms with Crippen molar-refractivity contribution in [2.24, 2.45) is 56.7 Å². The maximum atomic E-state index is 10.9. The molecular formula is C32H54O. The quantitative estimate of drug-likeness (QED) is 0.397. The van der Waals surface area contributed by atoms with E-state index in [4.69, 9.17) is 0 Å². The van der Waals surface area contributed by atoms with E-state index in [9.17, 15) is 5.11 Å². The molecule has 5 aliphatic carbocycles. The zero-order valence-corrected chi connectivity index (χ0v) is 23.1. The lowest BCUT2D eigenvalue weighted by molar-refractivity contribution is -0.161. The lowest BCUT2D eigenvalue weighted by atomic mass is 9.41. The van der Waals surface area contributed by atoms with Crippen LogP contribution in [0.5, 0.6) is 0 Å². The second-order valence-corrected chi connectivity index (χ2v) is 15.0. The molecule has 5 rings (SSSR count). The van der Waals surface area contributed by atoms with E-state index in [0.717, 1.165) is 30.1 Å². The molecule has 2 spiro atoms. The van der Waals surface area contributed by atoms with E-state index < -0.39 is 0 Å². The summed E-state index contributed by atoms with van der Waals surface area (Å²) in [5, 5.41) is 10.9. The SMILES string of the molecule is C=C(C)[C@@H](CC)CC[C@@H](C)[C@H]1CC[C@@]2(C)[C@@H]3CC[C@H]4C(C)(C)[C@@H](O)CC[C@@]45C[C@@]35CC[C@]12C. The Morgan fingerprint density at radius 3 is 2.21 bits per heavy atom. The van der Waals surface area contributed by atoms with Gasteiger partial charge in [0.2, 0.25) is 0 Å². The predicted molar refractivity (Wildman–Crippen MR) is 140 cm³/mol. The molecule has 5 saturated carbocycles. The van der Waals surface area contributed by atoms with Crippen LogP contribution < -0.4 is 0 Å². The van der Waals surface area contributed by atoms with E-state index in [1.54, 1.807) is 0 Å². The monoisotopic (exact) mass is 454 g/mol. The van der Waals surface area contributed by atoms with Gasteiger partial charge in [-0.1, -0.05) is 53.7 Å². The molecule has 1 nitrogen and oxygen atoms in total. The van der Waals surface area contributed by atoms with Crippen molar-refractivity contribution in [3.63, 3.8) is 0 Å². The highest BCUT2D eigenvalue weighted by Gasteiger charge is 2.82.